The second-order valence-electron chi connectivity index (χ2n) is 6.09. The van der Waals surface area contributed by atoms with Gasteiger partial charge < -0.3 is 15.4 Å². The second-order valence-corrected chi connectivity index (χ2v) is 6.53. The van der Waals surface area contributed by atoms with Crippen LogP contribution in [0.5, 0.6) is 0 Å². The minimum atomic E-state index is -0.483. The van der Waals surface area contributed by atoms with Gasteiger partial charge in [-0.15, -0.1) is 0 Å². The predicted octanol–water partition coefficient (Wildman–Crippen LogP) is 3.61. The van der Waals surface area contributed by atoms with Crippen LogP contribution in [0.15, 0.2) is 24.5 Å². The molecule has 6 nitrogen and oxygen atoms in total. The first-order valence-corrected chi connectivity index (χ1v) is 7.84. The molecule has 0 fully saturated rings. The highest BCUT2D eigenvalue weighted by Crippen LogP contribution is 2.22. The van der Waals surface area contributed by atoms with Crippen LogP contribution < -0.4 is 10.6 Å². The summed E-state index contributed by atoms with van der Waals surface area (Å²) in [6.07, 6.45) is 1.85. The summed E-state index contributed by atoms with van der Waals surface area (Å²) < 4.78 is 5.17. The molecule has 124 valence electrons. The first kappa shape index (κ1) is 17.3. The zero-order chi connectivity index (χ0) is 16.9. The molecule has 0 aliphatic carbocycles. The maximum Gasteiger partial charge on any atom is 0.407 e. The Balaban J connectivity index is 1.80. The summed E-state index contributed by atoms with van der Waals surface area (Å²) in [5, 5.41) is 7.52. The van der Waals surface area contributed by atoms with E-state index in [1.54, 1.807) is 6.07 Å². The maximum atomic E-state index is 11.5. The van der Waals surface area contributed by atoms with Crippen molar-refractivity contribution in [1.29, 1.82) is 0 Å². The number of alkyl carbamates (subject to hydrolysis) is 1. The molecule has 0 radical (unpaired) electrons. The summed E-state index contributed by atoms with van der Waals surface area (Å²) in [7, 11) is 0. The zero-order valence-electron chi connectivity index (χ0n) is 13.5. The van der Waals surface area contributed by atoms with E-state index in [-0.39, 0.29) is 0 Å². The number of benzene rings is 1. The molecular weight excluding hydrogens is 316 g/mol. The number of rotatable bonds is 5. The number of carbonyl (C=O) groups is 1. The van der Waals surface area contributed by atoms with E-state index in [1.165, 1.54) is 6.33 Å². The van der Waals surface area contributed by atoms with Gasteiger partial charge in [0.2, 0.25) is 0 Å². The molecule has 0 saturated heterocycles. The molecule has 0 saturated carbocycles. The molecule has 0 atom stereocenters. The molecule has 1 heterocycles. The summed E-state index contributed by atoms with van der Waals surface area (Å²) in [4.78, 5) is 19.9. The molecule has 1 aromatic carbocycles. The van der Waals surface area contributed by atoms with E-state index in [0.29, 0.717) is 18.1 Å². The number of amides is 1. The number of aromatic nitrogens is 2. The lowest BCUT2D eigenvalue weighted by atomic mass is 10.2. The second kappa shape index (κ2) is 7.46. The summed E-state index contributed by atoms with van der Waals surface area (Å²) >= 11 is 5.96. The third-order valence-corrected chi connectivity index (χ3v) is 3.15. The Labute approximate surface area is 140 Å². The highest BCUT2D eigenvalue weighted by Gasteiger charge is 2.15. The average molecular weight is 337 g/mol. The topological polar surface area (TPSA) is 76.1 Å². The highest BCUT2D eigenvalue weighted by molar-refractivity contribution is 6.31. The normalized spacial score (nSPS) is 11.3. The lowest BCUT2D eigenvalue weighted by molar-refractivity contribution is 0.0528. The van der Waals surface area contributed by atoms with E-state index in [9.17, 15) is 4.79 Å². The Morgan fingerprint density at radius 2 is 2.04 bits per heavy atom. The van der Waals surface area contributed by atoms with Gasteiger partial charge in [-0.3, -0.25) is 0 Å². The van der Waals surface area contributed by atoms with Gasteiger partial charge in [-0.1, -0.05) is 11.6 Å². The van der Waals surface area contributed by atoms with Crippen LogP contribution in [0.2, 0.25) is 5.02 Å². The van der Waals surface area contributed by atoms with Gasteiger partial charge >= 0.3 is 6.09 Å². The fraction of sp³-hybridized carbons (Fsp3) is 0.438. The van der Waals surface area contributed by atoms with Crippen molar-refractivity contribution in [3.8, 4) is 0 Å². The van der Waals surface area contributed by atoms with Crippen LogP contribution in [0.25, 0.3) is 10.9 Å². The van der Waals surface area contributed by atoms with Crippen LogP contribution in [0.4, 0.5) is 10.6 Å². The van der Waals surface area contributed by atoms with Crippen molar-refractivity contribution < 1.29 is 9.53 Å². The molecule has 0 aliphatic heterocycles. The number of anilines is 1. The molecule has 7 heteroatoms. The Morgan fingerprint density at radius 1 is 1.26 bits per heavy atom. The minimum absolute atomic E-state index is 0.403. The van der Waals surface area contributed by atoms with E-state index >= 15 is 0 Å². The smallest absolute Gasteiger partial charge is 0.407 e. The lowest BCUT2D eigenvalue weighted by Gasteiger charge is -2.19. The first-order valence-electron chi connectivity index (χ1n) is 7.46. The molecular formula is C16H21ClN4O2. The standard InChI is InChI=1S/C16H21ClN4O2/c1-16(2,3)23-15(22)19-8-4-7-18-14-12-6-5-11(17)9-13(12)20-10-21-14/h5-6,9-10H,4,7-8H2,1-3H3,(H,19,22)(H,18,20,21). The molecule has 2 rings (SSSR count). The molecule has 2 N–H and O–H groups in total. The fourth-order valence-corrected chi connectivity index (χ4v) is 2.14. The van der Waals surface area contributed by atoms with Crippen LogP contribution in [0.1, 0.15) is 27.2 Å². The van der Waals surface area contributed by atoms with E-state index in [2.05, 4.69) is 20.6 Å². The maximum absolute atomic E-state index is 11.5. The molecule has 23 heavy (non-hydrogen) atoms. The summed E-state index contributed by atoms with van der Waals surface area (Å²) in [5.74, 6) is 0.754. The molecule has 1 aromatic heterocycles. The van der Waals surface area contributed by atoms with Crippen LogP contribution >= 0.6 is 11.6 Å². The largest absolute Gasteiger partial charge is 0.444 e. The van der Waals surface area contributed by atoms with Crippen molar-refractivity contribution in [2.75, 3.05) is 18.4 Å². The van der Waals surface area contributed by atoms with Crippen molar-refractivity contribution in [3.05, 3.63) is 29.5 Å². The molecule has 0 unspecified atom stereocenters. The SMILES string of the molecule is CC(C)(C)OC(=O)NCCCNc1ncnc2cc(Cl)ccc12. The Morgan fingerprint density at radius 3 is 2.78 bits per heavy atom. The Hall–Kier alpha value is -2.08. The van der Waals surface area contributed by atoms with Gasteiger partial charge in [-0.25, -0.2) is 14.8 Å². The Kier molecular flexibility index (Phi) is 5.60. The number of nitrogens with one attached hydrogen (secondary N) is 2. The average Bonchev–Trinajstić information content (AvgIpc) is 2.44. The monoisotopic (exact) mass is 336 g/mol. The molecule has 0 aliphatic rings. The number of carbonyl (C=O) groups excluding carboxylic acids is 1. The van der Waals surface area contributed by atoms with Crippen molar-refractivity contribution in [1.82, 2.24) is 15.3 Å². The van der Waals surface area contributed by atoms with Crippen molar-refractivity contribution in [2.24, 2.45) is 0 Å². The lowest BCUT2D eigenvalue weighted by Crippen LogP contribution is -2.33. The van der Waals surface area contributed by atoms with Gasteiger partial charge in [-0.05, 0) is 45.4 Å². The third kappa shape index (κ3) is 5.56. The number of ether oxygens (including phenoxy) is 1. The molecule has 2 aromatic rings. The van der Waals surface area contributed by atoms with E-state index in [1.807, 2.05) is 32.9 Å². The van der Waals surface area contributed by atoms with Crippen LogP contribution in [-0.2, 0) is 4.74 Å². The number of hydrogen-bond acceptors (Lipinski definition) is 5. The van der Waals surface area contributed by atoms with Gasteiger partial charge in [0, 0.05) is 23.5 Å². The molecule has 1 amide bonds. The van der Waals surface area contributed by atoms with Gasteiger partial charge in [-0.2, -0.15) is 0 Å². The van der Waals surface area contributed by atoms with E-state index in [4.69, 9.17) is 16.3 Å². The first-order chi connectivity index (χ1) is 10.8. The van der Waals surface area contributed by atoms with Crippen molar-refractivity contribution >= 4 is 34.4 Å². The number of nitrogens with zero attached hydrogens (tertiary/aromatic N) is 2. The van der Waals surface area contributed by atoms with Crippen molar-refractivity contribution in [3.63, 3.8) is 0 Å². The minimum Gasteiger partial charge on any atom is -0.444 e. The fourth-order valence-electron chi connectivity index (χ4n) is 1.97. The predicted molar refractivity (Wildman–Crippen MR) is 91.9 cm³/mol. The highest BCUT2D eigenvalue weighted by atomic mass is 35.5. The molecule has 0 bridgehead atoms. The van der Waals surface area contributed by atoms with E-state index < -0.39 is 11.7 Å². The summed E-state index contributed by atoms with van der Waals surface area (Å²) in [5.41, 5.74) is 0.311. The summed E-state index contributed by atoms with van der Waals surface area (Å²) in [6, 6.07) is 5.50. The molecule has 0 spiro atoms. The van der Waals surface area contributed by atoms with Crippen molar-refractivity contribution in [2.45, 2.75) is 32.8 Å². The van der Waals surface area contributed by atoms with E-state index in [0.717, 1.165) is 23.1 Å². The van der Waals surface area contributed by atoms with Crippen LogP contribution in [0, 0.1) is 0 Å². The quantitative estimate of drug-likeness (QED) is 0.816. The van der Waals surface area contributed by atoms with Gasteiger partial charge in [0.05, 0.1) is 5.52 Å². The van der Waals surface area contributed by atoms with Gasteiger partial charge in [0.1, 0.15) is 17.7 Å². The third-order valence-electron chi connectivity index (χ3n) is 2.91. The number of fused-ring (bicyclic) bond motifs is 1. The number of halogens is 1. The van der Waals surface area contributed by atoms with Crippen LogP contribution in [-0.4, -0.2) is 34.8 Å². The number of hydrogen-bond donors (Lipinski definition) is 2. The zero-order valence-corrected chi connectivity index (χ0v) is 14.3. The van der Waals surface area contributed by atoms with Gasteiger partial charge in [0.15, 0.2) is 0 Å². The van der Waals surface area contributed by atoms with Crippen LogP contribution in [0.3, 0.4) is 0 Å². The van der Waals surface area contributed by atoms with Gasteiger partial charge in [0.25, 0.3) is 0 Å². The Bertz CT molecular complexity index is 685. The summed E-state index contributed by atoms with van der Waals surface area (Å²) in [6.45, 7) is 6.70.